The summed E-state index contributed by atoms with van der Waals surface area (Å²) >= 11 is 3.48. The van der Waals surface area contributed by atoms with Crippen molar-refractivity contribution in [2.75, 3.05) is 19.6 Å². The van der Waals surface area contributed by atoms with Gasteiger partial charge in [0.15, 0.2) is 5.96 Å². The zero-order chi connectivity index (χ0) is 19.0. The molecule has 142 valence electrons. The van der Waals surface area contributed by atoms with Crippen LogP contribution in [0, 0.1) is 0 Å². The van der Waals surface area contributed by atoms with E-state index in [9.17, 15) is 5.11 Å². The van der Waals surface area contributed by atoms with Crippen molar-refractivity contribution in [3.8, 4) is 5.75 Å². The molecule has 0 amide bonds. The summed E-state index contributed by atoms with van der Waals surface area (Å²) in [5.74, 6) is 1.90. The molecule has 0 spiro atoms. The second-order valence-corrected chi connectivity index (χ2v) is 7.04. The SMILES string of the molecule is CCNC(=NCC(C)(O)c1ccco1)NCC(C)Oc1ccccc1Br. The minimum Gasteiger partial charge on any atom is -0.488 e. The maximum absolute atomic E-state index is 10.5. The summed E-state index contributed by atoms with van der Waals surface area (Å²) in [5.41, 5.74) is -1.16. The molecular weight excluding hydrogens is 398 g/mol. The van der Waals surface area contributed by atoms with Gasteiger partial charge in [-0.05, 0) is 61.0 Å². The fourth-order valence-electron chi connectivity index (χ4n) is 2.28. The Morgan fingerprint density at radius 3 is 2.73 bits per heavy atom. The summed E-state index contributed by atoms with van der Waals surface area (Å²) in [6.45, 7) is 7.11. The topological polar surface area (TPSA) is 79.0 Å². The van der Waals surface area contributed by atoms with E-state index in [0.29, 0.717) is 24.8 Å². The number of hydrogen-bond acceptors (Lipinski definition) is 4. The molecule has 2 aromatic rings. The number of para-hydroxylation sites is 1. The fourth-order valence-corrected chi connectivity index (χ4v) is 2.66. The lowest BCUT2D eigenvalue weighted by Crippen LogP contribution is -2.42. The lowest BCUT2D eigenvalue weighted by Gasteiger charge is -2.21. The van der Waals surface area contributed by atoms with Gasteiger partial charge >= 0.3 is 0 Å². The van der Waals surface area contributed by atoms with Crippen LogP contribution in [0.15, 0.2) is 56.5 Å². The summed E-state index contributed by atoms with van der Waals surface area (Å²) in [7, 11) is 0. The van der Waals surface area contributed by atoms with E-state index in [0.717, 1.165) is 10.2 Å². The number of nitrogens with zero attached hydrogens (tertiary/aromatic N) is 1. The average Bonchev–Trinajstić information content (AvgIpc) is 3.15. The van der Waals surface area contributed by atoms with E-state index in [-0.39, 0.29) is 12.6 Å². The summed E-state index contributed by atoms with van der Waals surface area (Å²) in [4.78, 5) is 4.46. The monoisotopic (exact) mass is 423 g/mol. The van der Waals surface area contributed by atoms with E-state index in [1.165, 1.54) is 6.26 Å². The number of guanidine groups is 1. The van der Waals surface area contributed by atoms with Gasteiger partial charge in [0.25, 0.3) is 0 Å². The molecule has 3 N–H and O–H groups in total. The van der Waals surface area contributed by atoms with Crippen LogP contribution in [0.4, 0.5) is 0 Å². The minimum atomic E-state index is -1.16. The third kappa shape index (κ3) is 6.07. The first-order valence-corrected chi connectivity index (χ1v) is 9.41. The molecule has 0 saturated carbocycles. The predicted octanol–water partition coefficient (Wildman–Crippen LogP) is 3.27. The first-order valence-electron chi connectivity index (χ1n) is 8.62. The molecule has 2 rings (SSSR count). The largest absolute Gasteiger partial charge is 0.488 e. The number of benzene rings is 1. The van der Waals surface area contributed by atoms with Crippen molar-refractivity contribution in [3.63, 3.8) is 0 Å². The van der Waals surface area contributed by atoms with E-state index in [1.54, 1.807) is 19.1 Å². The number of furan rings is 1. The first-order chi connectivity index (χ1) is 12.4. The third-order valence-corrected chi connectivity index (χ3v) is 4.32. The number of aliphatic imine (C=N–C) groups is 1. The highest BCUT2D eigenvalue weighted by atomic mass is 79.9. The van der Waals surface area contributed by atoms with Crippen LogP contribution in [0.1, 0.15) is 26.5 Å². The van der Waals surface area contributed by atoms with Crippen LogP contribution >= 0.6 is 15.9 Å². The summed E-state index contributed by atoms with van der Waals surface area (Å²) in [6.07, 6.45) is 1.47. The van der Waals surface area contributed by atoms with Gasteiger partial charge in [0, 0.05) is 6.54 Å². The molecular formula is C19H26BrN3O3. The Labute approximate surface area is 162 Å². The molecule has 6 nitrogen and oxygen atoms in total. The van der Waals surface area contributed by atoms with Crippen LogP contribution in [-0.2, 0) is 5.60 Å². The van der Waals surface area contributed by atoms with Crippen LogP contribution in [0.2, 0.25) is 0 Å². The molecule has 2 unspecified atom stereocenters. The lowest BCUT2D eigenvalue weighted by atomic mass is 10.0. The number of ether oxygens (including phenoxy) is 1. The van der Waals surface area contributed by atoms with Crippen LogP contribution in [0.5, 0.6) is 5.75 Å². The molecule has 1 heterocycles. The average molecular weight is 424 g/mol. The van der Waals surface area contributed by atoms with Crippen molar-refractivity contribution >= 4 is 21.9 Å². The smallest absolute Gasteiger partial charge is 0.191 e. The van der Waals surface area contributed by atoms with E-state index in [1.807, 2.05) is 38.1 Å². The number of hydrogen-bond donors (Lipinski definition) is 3. The molecule has 0 aliphatic heterocycles. The molecule has 2 atom stereocenters. The summed E-state index contributed by atoms with van der Waals surface area (Å²) in [5, 5.41) is 16.9. The molecule has 0 bridgehead atoms. The normalized spacial score (nSPS) is 15.2. The van der Waals surface area contributed by atoms with Crippen LogP contribution < -0.4 is 15.4 Å². The zero-order valence-corrected chi connectivity index (χ0v) is 16.9. The Morgan fingerprint density at radius 2 is 2.08 bits per heavy atom. The number of aliphatic hydroxyl groups is 1. The Hall–Kier alpha value is -1.99. The fraction of sp³-hybridized carbons (Fsp3) is 0.421. The van der Waals surface area contributed by atoms with E-state index < -0.39 is 5.60 Å². The van der Waals surface area contributed by atoms with Crippen LogP contribution in [0.25, 0.3) is 0 Å². The number of halogens is 1. The predicted molar refractivity (Wildman–Crippen MR) is 106 cm³/mol. The Kier molecular flexibility index (Phi) is 7.53. The van der Waals surface area contributed by atoms with Gasteiger partial charge in [-0.2, -0.15) is 0 Å². The minimum absolute atomic E-state index is 0.0665. The highest BCUT2D eigenvalue weighted by molar-refractivity contribution is 9.10. The number of nitrogens with one attached hydrogen (secondary N) is 2. The second-order valence-electron chi connectivity index (χ2n) is 6.19. The zero-order valence-electron chi connectivity index (χ0n) is 15.3. The molecule has 1 aromatic heterocycles. The Morgan fingerprint density at radius 1 is 1.31 bits per heavy atom. The van der Waals surface area contributed by atoms with E-state index >= 15 is 0 Å². The van der Waals surface area contributed by atoms with Gasteiger partial charge in [-0.25, -0.2) is 4.99 Å². The summed E-state index contributed by atoms with van der Waals surface area (Å²) < 4.78 is 12.1. The van der Waals surface area contributed by atoms with E-state index in [2.05, 4.69) is 31.6 Å². The van der Waals surface area contributed by atoms with Gasteiger partial charge in [-0.3, -0.25) is 0 Å². The van der Waals surface area contributed by atoms with Crippen molar-refractivity contribution in [2.24, 2.45) is 4.99 Å². The molecule has 1 aromatic carbocycles. The van der Waals surface area contributed by atoms with Crippen molar-refractivity contribution in [1.29, 1.82) is 0 Å². The van der Waals surface area contributed by atoms with Gasteiger partial charge in [0.2, 0.25) is 0 Å². The molecule has 7 heteroatoms. The van der Waals surface area contributed by atoms with Gasteiger partial charge in [-0.15, -0.1) is 0 Å². The maximum Gasteiger partial charge on any atom is 0.191 e. The van der Waals surface area contributed by atoms with Crippen LogP contribution in [-0.4, -0.2) is 36.8 Å². The Balaban J connectivity index is 1.91. The van der Waals surface area contributed by atoms with Gasteiger partial charge in [0.05, 0.1) is 23.8 Å². The van der Waals surface area contributed by atoms with Crippen molar-refractivity contribution in [1.82, 2.24) is 10.6 Å². The van der Waals surface area contributed by atoms with Crippen molar-refractivity contribution in [2.45, 2.75) is 32.5 Å². The lowest BCUT2D eigenvalue weighted by molar-refractivity contribution is 0.0437. The highest BCUT2D eigenvalue weighted by Crippen LogP contribution is 2.24. The van der Waals surface area contributed by atoms with Crippen molar-refractivity contribution < 1.29 is 14.3 Å². The molecule has 26 heavy (non-hydrogen) atoms. The molecule has 0 saturated heterocycles. The van der Waals surface area contributed by atoms with E-state index in [4.69, 9.17) is 9.15 Å². The standard InChI is InChI=1S/C19H26BrN3O3/c1-4-21-18(23-13-19(3,24)17-10-7-11-25-17)22-12-14(2)26-16-9-6-5-8-15(16)20/h5-11,14,24H,4,12-13H2,1-3H3,(H2,21,22,23). The third-order valence-electron chi connectivity index (χ3n) is 3.66. The summed E-state index contributed by atoms with van der Waals surface area (Å²) in [6, 6.07) is 11.2. The maximum atomic E-state index is 10.5. The van der Waals surface area contributed by atoms with Crippen molar-refractivity contribution in [3.05, 3.63) is 52.9 Å². The second kappa shape index (κ2) is 9.64. The quantitative estimate of drug-likeness (QED) is 0.448. The van der Waals surface area contributed by atoms with Gasteiger partial charge in [-0.1, -0.05) is 12.1 Å². The Bertz CT molecular complexity index is 702. The highest BCUT2D eigenvalue weighted by Gasteiger charge is 2.26. The molecule has 0 aliphatic rings. The van der Waals surface area contributed by atoms with Gasteiger partial charge in [0.1, 0.15) is 23.2 Å². The van der Waals surface area contributed by atoms with Gasteiger partial charge < -0.3 is 24.9 Å². The first kappa shape index (κ1) is 20.3. The van der Waals surface area contributed by atoms with Crippen LogP contribution in [0.3, 0.4) is 0 Å². The molecule has 0 aliphatic carbocycles. The molecule has 0 fully saturated rings. The molecule has 0 radical (unpaired) electrons. The number of rotatable bonds is 8.